The number of hydrogen-bond donors (Lipinski definition) is 2. The van der Waals surface area contributed by atoms with Gasteiger partial charge < -0.3 is 10.6 Å². The van der Waals surface area contributed by atoms with Gasteiger partial charge in [0.2, 0.25) is 5.91 Å². The fraction of sp³-hybridized carbons (Fsp3) is 0.611. The Kier molecular flexibility index (Phi) is 3.47. The zero-order chi connectivity index (χ0) is 16.1. The van der Waals surface area contributed by atoms with E-state index in [4.69, 9.17) is 9.97 Å². The zero-order valence-electron chi connectivity index (χ0n) is 13.7. The number of rotatable bonds is 3. The summed E-state index contributed by atoms with van der Waals surface area (Å²) in [4.78, 5) is 24.5. The van der Waals surface area contributed by atoms with Crippen LogP contribution in [0, 0.1) is 0 Å². The van der Waals surface area contributed by atoms with Crippen molar-refractivity contribution in [2.75, 3.05) is 11.9 Å². The van der Waals surface area contributed by atoms with Crippen LogP contribution in [-0.4, -0.2) is 28.5 Å². The van der Waals surface area contributed by atoms with E-state index in [9.17, 15) is 4.79 Å². The largest absolute Gasteiger partial charge is 0.358 e. The molecule has 5 rings (SSSR count). The van der Waals surface area contributed by atoms with Crippen molar-refractivity contribution >= 4 is 33.3 Å². The zero-order valence-corrected chi connectivity index (χ0v) is 14.5. The van der Waals surface area contributed by atoms with Crippen LogP contribution in [0.2, 0.25) is 0 Å². The number of thiophene rings is 1. The second-order valence-corrected chi connectivity index (χ2v) is 8.31. The molecule has 2 aromatic rings. The van der Waals surface area contributed by atoms with E-state index in [2.05, 4.69) is 10.6 Å². The minimum absolute atomic E-state index is 0.102. The molecule has 0 aromatic carbocycles. The fourth-order valence-electron chi connectivity index (χ4n) is 3.88. The van der Waals surface area contributed by atoms with E-state index in [-0.39, 0.29) is 11.9 Å². The van der Waals surface area contributed by atoms with Crippen molar-refractivity contribution < 1.29 is 4.79 Å². The summed E-state index contributed by atoms with van der Waals surface area (Å²) in [5.74, 6) is 2.50. The number of anilines is 1. The van der Waals surface area contributed by atoms with Gasteiger partial charge in [0.05, 0.1) is 5.39 Å². The summed E-state index contributed by atoms with van der Waals surface area (Å²) >= 11 is 1.84. The molecule has 1 aliphatic heterocycles. The smallest absolute Gasteiger partial charge is 0.242 e. The maximum Gasteiger partial charge on any atom is 0.242 e. The lowest BCUT2D eigenvalue weighted by atomic mass is 9.96. The summed E-state index contributed by atoms with van der Waals surface area (Å²) in [5, 5.41) is 7.63. The third kappa shape index (κ3) is 2.48. The van der Waals surface area contributed by atoms with Gasteiger partial charge >= 0.3 is 0 Å². The maximum absolute atomic E-state index is 12.2. The summed E-state index contributed by atoms with van der Waals surface area (Å²) in [7, 11) is 0. The van der Waals surface area contributed by atoms with Crippen LogP contribution in [0.5, 0.6) is 0 Å². The van der Waals surface area contributed by atoms with Crippen molar-refractivity contribution in [1.82, 2.24) is 15.3 Å². The molecule has 0 radical (unpaired) electrons. The molecule has 2 aliphatic carbocycles. The van der Waals surface area contributed by atoms with E-state index in [1.54, 1.807) is 0 Å². The summed E-state index contributed by atoms with van der Waals surface area (Å²) < 4.78 is 0. The Labute approximate surface area is 145 Å². The molecular weight excluding hydrogens is 320 g/mol. The van der Waals surface area contributed by atoms with Gasteiger partial charge in [0.1, 0.15) is 22.5 Å². The van der Waals surface area contributed by atoms with Crippen LogP contribution in [0.4, 0.5) is 5.82 Å². The highest BCUT2D eigenvalue weighted by atomic mass is 32.1. The molecule has 2 fully saturated rings. The van der Waals surface area contributed by atoms with Gasteiger partial charge in [-0.25, -0.2) is 9.97 Å². The van der Waals surface area contributed by atoms with Crippen LogP contribution < -0.4 is 10.6 Å². The summed E-state index contributed by atoms with van der Waals surface area (Å²) in [6, 6.07) is -0.164. The number of fused-ring (bicyclic) bond motifs is 3. The average Bonchev–Trinajstić information content (AvgIpc) is 3.37. The van der Waals surface area contributed by atoms with Gasteiger partial charge in [-0.15, -0.1) is 11.3 Å². The van der Waals surface area contributed by atoms with Crippen LogP contribution in [-0.2, 0) is 17.6 Å². The molecule has 6 heteroatoms. The number of amides is 1. The normalized spacial score (nSPS) is 23.8. The molecule has 5 nitrogen and oxygen atoms in total. The summed E-state index contributed by atoms with van der Waals surface area (Å²) in [6.07, 6.45) is 9.09. The number of aromatic nitrogens is 2. The Morgan fingerprint density at radius 1 is 1.08 bits per heavy atom. The first-order chi connectivity index (χ1) is 11.8. The molecule has 3 heterocycles. The molecule has 24 heavy (non-hydrogen) atoms. The fourth-order valence-corrected chi connectivity index (χ4v) is 5.15. The highest BCUT2D eigenvalue weighted by Crippen LogP contribution is 2.43. The Bertz CT molecular complexity index is 811. The van der Waals surface area contributed by atoms with Crippen LogP contribution in [0.15, 0.2) is 0 Å². The van der Waals surface area contributed by atoms with E-state index >= 15 is 0 Å². The van der Waals surface area contributed by atoms with E-state index in [1.807, 2.05) is 11.3 Å². The number of carbonyl (C=O) groups is 1. The van der Waals surface area contributed by atoms with Gasteiger partial charge in [-0.3, -0.25) is 4.79 Å². The monoisotopic (exact) mass is 342 g/mol. The van der Waals surface area contributed by atoms with E-state index in [0.717, 1.165) is 42.3 Å². The molecule has 2 N–H and O–H groups in total. The third-order valence-corrected chi connectivity index (χ3v) is 6.56. The maximum atomic E-state index is 12.2. The lowest BCUT2D eigenvalue weighted by molar-refractivity contribution is -0.123. The van der Waals surface area contributed by atoms with Gasteiger partial charge in [0, 0.05) is 17.3 Å². The Morgan fingerprint density at radius 2 is 1.96 bits per heavy atom. The second kappa shape index (κ2) is 5.69. The van der Waals surface area contributed by atoms with Gasteiger partial charge in [0.25, 0.3) is 0 Å². The molecule has 1 saturated carbocycles. The Morgan fingerprint density at radius 3 is 2.79 bits per heavy atom. The van der Waals surface area contributed by atoms with Crippen molar-refractivity contribution in [1.29, 1.82) is 0 Å². The first-order valence-electron chi connectivity index (χ1n) is 9.16. The van der Waals surface area contributed by atoms with Crippen LogP contribution in [0.1, 0.15) is 60.7 Å². The molecule has 1 amide bonds. The molecule has 2 aromatic heterocycles. The third-order valence-electron chi connectivity index (χ3n) is 5.37. The van der Waals surface area contributed by atoms with Crippen molar-refractivity contribution in [3.05, 3.63) is 16.3 Å². The van der Waals surface area contributed by atoms with Gasteiger partial charge in [-0.1, -0.05) is 0 Å². The molecular formula is C18H22N4OS. The second-order valence-electron chi connectivity index (χ2n) is 7.23. The predicted octanol–water partition coefficient (Wildman–Crippen LogP) is 3.14. The SMILES string of the molecule is O=C1NCCC[C@@H]1Nc1nc(C2CC2)nc2sc3c(c12)CCCC3. The number of hydrogen-bond acceptors (Lipinski definition) is 5. The molecule has 3 aliphatic rings. The van der Waals surface area contributed by atoms with Crippen LogP contribution >= 0.6 is 11.3 Å². The van der Waals surface area contributed by atoms with Gasteiger partial charge in [-0.2, -0.15) is 0 Å². The molecule has 0 unspecified atom stereocenters. The van der Waals surface area contributed by atoms with Gasteiger partial charge in [-0.05, 0) is 56.9 Å². The highest BCUT2D eigenvalue weighted by molar-refractivity contribution is 7.19. The lowest BCUT2D eigenvalue weighted by Gasteiger charge is -2.24. The molecule has 0 bridgehead atoms. The average molecular weight is 342 g/mol. The minimum atomic E-state index is -0.164. The minimum Gasteiger partial charge on any atom is -0.358 e. The van der Waals surface area contributed by atoms with Crippen molar-refractivity contribution in [2.45, 2.75) is 63.3 Å². The molecule has 0 spiro atoms. The highest BCUT2D eigenvalue weighted by Gasteiger charge is 2.31. The van der Waals surface area contributed by atoms with Crippen LogP contribution in [0.25, 0.3) is 10.2 Å². The predicted molar refractivity (Wildman–Crippen MR) is 95.7 cm³/mol. The number of nitrogens with zero attached hydrogens (tertiary/aromatic N) is 2. The lowest BCUT2D eigenvalue weighted by Crippen LogP contribution is -2.44. The first kappa shape index (κ1) is 14.6. The van der Waals surface area contributed by atoms with Crippen molar-refractivity contribution in [3.8, 4) is 0 Å². The number of carbonyl (C=O) groups excluding carboxylic acids is 1. The Balaban J connectivity index is 1.61. The van der Waals surface area contributed by atoms with E-state index in [1.165, 1.54) is 47.9 Å². The molecule has 126 valence electrons. The first-order valence-corrected chi connectivity index (χ1v) is 9.97. The van der Waals surface area contributed by atoms with Gasteiger partial charge in [0.15, 0.2) is 0 Å². The topological polar surface area (TPSA) is 66.9 Å². The molecule has 1 atom stereocenters. The molecule has 1 saturated heterocycles. The Hall–Kier alpha value is -1.69. The van der Waals surface area contributed by atoms with E-state index in [0.29, 0.717) is 5.92 Å². The quantitative estimate of drug-likeness (QED) is 0.899. The standard InChI is InChI=1S/C18H22N4OS/c23-17-12(5-3-9-19-17)20-16-14-11-4-1-2-6-13(11)24-18(14)22-15(21-16)10-7-8-10/h10,12H,1-9H2,(H,19,23)(H,20,21,22)/t12-/m0/s1. The number of nitrogens with one attached hydrogen (secondary N) is 2. The van der Waals surface area contributed by atoms with E-state index < -0.39 is 0 Å². The van der Waals surface area contributed by atoms with Crippen molar-refractivity contribution in [2.24, 2.45) is 0 Å². The van der Waals surface area contributed by atoms with Crippen LogP contribution in [0.3, 0.4) is 0 Å². The summed E-state index contributed by atoms with van der Waals surface area (Å²) in [5.41, 5.74) is 1.43. The summed E-state index contributed by atoms with van der Waals surface area (Å²) in [6.45, 7) is 0.789. The number of piperidine rings is 1. The number of aryl methyl sites for hydroxylation is 2. The van der Waals surface area contributed by atoms with Crippen molar-refractivity contribution in [3.63, 3.8) is 0 Å².